The van der Waals surface area contributed by atoms with Gasteiger partial charge < -0.3 is 4.52 Å². The number of sulfonamides is 1. The highest BCUT2D eigenvalue weighted by atomic mass is 32.2. The van der Waals surface area contributed by atoms with Crippen LogP contribution in [0, 0.1) is 5.82 Å². The van der Waals surface area contributed by atoms with E-state index >= 15 is 0 Å². The molecule has 86 valence electrons. The summed E-state index contributed by atoms with van der Waals surface area (Å²) in [5.41, 5.74) is 0.562. The van der Waals surface area contributed by atoms with E-state index in [0.717, 1.165) is 0 Å². The van der Waals surface area contributed by atoms with Crippen LogP contribution in [-0.2, 0) is 15.8 Å². The lowest BCUT2D eigenvalue weighted by Crippen LogP contribution is -2.20. The normalized spacial score (nSPS) is 12.1. The van der Waals surface area contributed by atoms with Gasteiger partial charge in [0.05, 0.1) is 0 Å². The molecule has 0 unspecified atom stereocenters. The fourth-order valence-corrected chi connectivity index (χ4v) is 2.03. The fraction of sp³-hybridized carbons (Fsp3) is 0.222. The molecule has 1 N–H and O–H groups in total. The number of halogens is 1. The second-order valence-corrected chi connectivity index (χ2v) is 5.16. The molecule has 1 aromatic carbocycles. The smallest absolute Gasteiger partial charge is 0.217 e. The summed E-state index contributed by atoms with van der Waals surface area (Å²) in [6, 6.07) is 3.84. The molecule has 0 saturated heterocycles. The average molecular weight is 244 g/mol. The minimum Gasteiger partial charge on any atom is -0.356 e. The van der Waals surface area contributed by atoms with Crippen molar-refractivity contribution in [1.29, 1.82) is 0 Å². The van der Waals surface area contributed by atoms with Gasteiger partial charge in [0.15, 0.2) is 5.58 Å². The molecule has 0 atom stereocenters. The van der Waals surface area contributed by atoms with Crippen molar-refractivity contribution in [3.63, 3.8) is 0 Å². The second-order valence-electron chi connectivity index (χ2n) is 3.23. The van der Waals surface area contributed by atoms with Crippen molar-refractivity contribution < 1.29 is 17.3 Å². The van der Waals surface area contributed by atoms with E-state index in [0.29, 0.717) is 11.0 Å². The lowest BCUT2D eigenvalue weighted by Gasteiger charge is -1.98. The molecule has 16 heavy (non-hydrogen) atoms. The first kappa shape index (κ1) is 11.0. The first-order valence-electron chi connectivity index (χ1n) is 4.47. The van der Waals surface area contributed by atoms with E-state index in [1.807, 2.05) is 0 Å². The topological polar surface area (TPSA) is 72.2 Å². The van der Waals surface area contributed by atoms with E-state index < -0.39 is 15.8 Å². The Balaban J connectivity index is 2.50. The van der Waals surface area contributed by atoms with Crippen LogP contribution in [0.1, 0.15) is 5.69 Å². The number of hydrogen-bond donors (Lipinski definition) is 1. The summed E-state index contributed by atoms with van der Waals surface area (Å²) in [6.45, 7) is 0. The van der Waals surface area contributed by atoms with Gasteiger partial charge in [-0.25, -0.2) is 17.5 Å². The minimum absolute atomic E-state index is 0.198. The van der Waals surface area contributed by atoms with Gasteiger partial charge in [-0.05, 0) is 25.2 Å². The van der Waals surface area contributed by atoms with Gasteiger partial charge in [-0.15, -0.1) is 0 Å². The quantitative estimate of drug-likeness (QED) is 0.874. The monoisotopic (exact) mass is 244 g/mol. The maximum Gasteiger partial charge on any atom is 0.217 e. The largest absolute Gasteiger partial charge is 0.356 e. The van der Waals surface area contributed by atoms with E-state index in [-0.39, 0.29) is 11.4 Å². The number of aromatic nitrogens is 1. The number of nitrogens with zero attached hydrogens (tertiary/aromatic N) is 1. The van der Waals surface area contributed by atoms with E-state index in [2.05, 4.69) is 9.88 Å². The molecule has 2 rings (SSSR count). The van der Waals surface area contributed by atoms with Gasteiger partial charge in [0.1, 0.15) is 17.3 Å². The average Bonchev–Trinajstić information content (AvgIpc) is 2.61. The van der Waals surface area contributed by atoms with Crippen LogP contribution in [0.25, 0.3) is 11.0 Å². The molecule has 0 aliphatic carbocycles. The maximum absolute atomic E-state index is 13.0. The second kappa shape index (κ2) is 3.84. The number of fused-ring (bicyclic) bond motifs is 1. The van der Waals surface area contributed by atoms with Crippen LogP contribution in [-0.4, -0.2) is 20.6 Å². The molecular weight excluding hydrogens is 235 g/mol. The zero-order valence-corrected chi connectivity index (χ0v) is 9.21. The Hall–Kier alpha value is -1.47. The predicted molar refractivity (Wildman–Crippen MR) is 55.7 cm³/mol. The fourth-order valence-electron chi connectivity index (χ4n) is 1.32. The molecule has 0 aliphatic heterocycles. The molecule has 5 nitrogen and oxygen atoms in total. The Labute approximate surface area is 91.3 Å². The summed E-state index contributed by atoms with van der Waals surface area (Å²) < 4.78 is 42.6. The van der Waals surface area contributed by atoms with Crippen LogP contribution in [0.2, 0.25) is 0 Å². The highest BCUT2D eigenvalue weighted by Gasteiger charge is 2.16. The van der Waals surface area contributed by atoms with Crippen LogP contribution in [0.4, 0.5) is 4.39 Å². The van der Waals surface area contributed by atoms with Gasteiger partial charge in [0.25, 0.3) is 0 Å². The molecule has 0 aliphatic rings. The number of hydrogen-bond acceptors (Lipinski definition) is 4. The maximum atomic E-state index is 13.0. The van der Waals surface area contributed by atoms with Crippen molar-refractivity contribution in [2.24, 2.45) is 0 Å². The molecule has 7 heteroatoms. The third-order valence-electron chi connectivity index (χ3n) is 2.14. The molecular formula is C9H9FN2O3S. The molecule has 0 radical (unpaired) electrons. The van der Waals surface area contributed by atoms with Crippen LogP contribution in [0.3, 0.4) is 0 Å². The van der Waals surface area contributed by atoms with Gasteiger partial charge in [0.2, 0.25) is 10.0 Å². The van der Waals surface area contributed by atoms with Gasteiger partial charge >= 0.3 is 0 Å². The van der Waals surface area contributed by atoms with Crippen LogP contribution in [0.5, 0.6) is 0 Å². The summed E-state index contributed by atoms with van der Waals surface area (Å²) in [6.07, 6.45) is 0. The first-order valence-corrected chi connectivity index (χ1v) is 6.12. The Bertz CT molecular complexity index is 621. The Morgan fingerprint density at radius 3 is 2.94 bits per heavy atom. The highest BCUT2D eigenvalue weighted by Crippen LogP contribution is 2.20. The summed E-state index contributed by atoms with van der Waals surface area (Å²) in [5.74, 6) is -0.793. The van der Waals surface area contributed by atoms with Gasteiger partial charge in [0, 0.05) is 5.39 Å². The Morgan fingerprint density at radius 1 is 1.50 bits per heavy atom. The van der Waals surface area contributed by atoms with E-state index in [4.69, 9.17) is 4.52 Å². The third-order valence-corrected chi connectivity index (χ3v) is 3.42. The molecule has 0 bridgehead atoms. The van der Waals surface area contributed by atoms with Crippen LogP contribution < -0.4 is 4.72 Å². The summed E-state index contributed by atoms with van der Waals surface area (Å²) >= 11 is 0. The zero-order chi connectivity index (χ0) is 11.8. The summed E-state index contributed by atoms with van der Waals surface area (Å²) in [4.78, 5) is 0. The summed E-state index contributed by atoms with van der Waals surface area (Å²) in [7, 11) is -2.14. The van der Waals surface area contributed by atoms with E-state index in [1.54, 1.807) is 0 Å². The number of rotatable bonds is 3. The van der Waals surface area contributed by atoms with Crippen molar-refractivity contribution in [2.75, 3.05) is 7.05 Å². The predicted octanol–water partition coefficient (Wildman–Crippen LogP) is 1.02. The lowest BCUT2D eigenvalue weighted by atomic mass is 10.2. The van der Waals surface area contributed by atoms with Crippen molar-refractivity contribution in [2.45, 2.75) is 5.75 Å². The molecule has 0 amide bonds. The van der Waals surface area contributed by atoms with Crippen LogP contribution in [0.15, 0.2) is 22.7 Å². The molecule has 1 heterocycles. The number of benzene rings is 1. The van der Waals surface area contributed by atoms with E-state index in [9.17, 15) is 12.8 Å². The molecule has 2 aromatic rings. The minimum atomic E-state index is -3.44. The molecule has 1 aromatic heterocycles. The van der Waals surface area contributed by atoms with Gasteiger partial charge in [-0.2, -0.15) is 0 Å². The standard InChI is InChI=1S/C9H9FN2O3S/c1-11-16(13,14)5-8-7-4-6(10)2-3-9(7)15-12-8/h2-4,11H,5H2,1H3. The van der Waals surface area contributed by atoms with Crippen molar-refractivity contribution in [3.8, 4) is 0 Å². The van der Waals surface area contributed by atoms with E-state index in [1.165, 1.54) is 25.2 Å². The first-order chi connectivity index (χ1) is 7.52. The Kier molecular flexibility index (Phi) is 2.64. The summed E-state index contributed by atoms with van der Waals surface area (Å²) in [5, 5.41) is 3.98. The number of nitrogens with one attached hydrogen (secondary N) is 1. The van der Waals surface area contributed by atoms with Crippen molar-refractivity contribution >= 4 is 21.0 Å². The SMILES string of the molecule is CNS(=O)(=O)Cc1noc2ccc(F)cc12. The highest BCUT2D eigenvalue weighted by molar-refractivity contribution is 7.88. The Morgan fingerprint density at radius 2 is 2.25 bits per heavy atom. The molecule has 0 saturated carbocycles. The lowest BCUT2D eigenvalue weighted by molar-refractivity contribution is 0.448. The van der Waals surface area contributed by atoms with Gasteiger partial charge in [-0.3, -0.25) is 0 Å². The van der Waals surface area contributed by atoms with Crippen LogP contribution >= 0.6 is 0 Å². The molecule has 0 spiro atoms. The van der Waals surface area contributed by atoms with Gasteiger partial charge in [-0.1, -0.05) is 5.16 Å². The van der Waals surface area contributed by atoms with Crippen molar-refractivity contribution in [3.05, 3.63) is 29.7 Å². The molecule has 0 fully saturated rings. The zero-order valence-electron chi connectivity index (χ0n) is 8.40. The third kappa shape index (κ3) is 2.05. The van der Waals surface area contributed by atoms with Crippen molar-refractivity contribution in [1.82, 2.24) is 9.88 Å².